The van der Waals surface area contributed by atoms with Crippen molar-refractivity contribution >= 4 is 17.5 Å². The molecule has 1 atom stereocenters. The first-order valence-electron chi connectivity index (χ1n) is 6.85. The molecule has 7 heteroatoms. The molecule has 2 aromatic rings. The number of halogens is 1. The largest absolute Gasteiger partial charge is 0.345 e. The van der Waals surface area contributed by atoms with Gasteiger partial charge in [0.15, 0.2) is 0 Å². The first kappa shape index (κ1) is 15.6. The number of nitrogens with one attached hydrogen (secondary N) is 1. The van der Waals surface area contributed by atoms with Gasteiger partial charge in [0.05, 0.1) is 11.1 Å². The fourth-order valence-electron chi connectivity index (χ4n) is 2.30. The van der Waals surface area contributed by atoms with Crippen molar-refractivity contribution in [1.82, 2.24) is 24.6 Å². The van der Waals surface area contributed by atoms with Crippen LogP contribution in [0, 0.1) is 5.92 Å². The quantitative estimate of drug-likeness (QED) is 0.922. The van der Waals surface area contributed by atoms with Crippen molar-refractivity contribution < 1.29 is 4.79 Å². The van der Waals surface area contributed by atoms with Crippen LogP contribution in [0.5, 0.6) is 0 Å². The van der Waals surface area contributed by atoms with Gasteiger partial charge in [-0.05, 0) is 18.4 Å². The highest BCUT2D eigenvalue weighted by atomic mass is 35.5. The Morgan fingerprint density at radius 3 is 2.62 bits per heavy atom. The Morgan fingerprint density at radius 2 is 2.14 bits per heavy atom. The average Bonchev–Trinajstić information content (AvgIpc) is 2.93. The van der Waals surface area contributed by atoms with Gasteiger partial charge in [0, 0.05) is 20.3 Å². The molecular weight excluding hydrogens is 290 g/mol. The van der Waals surface area contributed by atoms with Crippen molar-refractivity contribution in [2.24, 2.45) is 20.0 Å². The van der Waals surface area contributed by atoms with Crippen LogP contribution in [0.3, 0.4) is 0 Å². The van der Waals surface area contributed by atoms with Crippen molar-refractivity contribution in [3.8, 4) is 0 Å². The molecule has 0 saturated heterocycles. The molecule has 1 unspecified atom stereocenters. The van der Waals surface area contributed by atoms with Crippen molar-refractivity contribution in [2.75, 3.05) is 0 Å². The molecule has 2 aromatic heterocycles. The molecule has 0 aliphatic rings. The van der Waals surface area contributed by atoms with Gasteiger partial charge in [0.2, 0.25) is 0 Å². The standard InChI is InChI=1S/C14H20ClN5O/c1-9(2)5-11(13-16-8-17-20(13)4)18-14(21)12-6-10(15)7-19(12)3/h6-9,11H,5H2,1-4H3,(H,18,21). The predicted molar refractivity (Wildman–Crippen MR) is 81.1 cm³/mol. The molecule has 2 rings (SSSR count). The van der Waals surface area contributed by atoms with Crippen LogP contribution in [0.25, 0.3) is 0 Å². The Kier molecular flexibility index (Phi) is 4.67. The lowest BCUT2D eigenvalue weighted by Gasteiger charge is -2.20. The third-order valence-corrected chi connectivity index (χ3v) is 3.48. The number of hydrogen-bond donors (Lipinski definition) is 1. The zero-order valence-electron chi connectivity index (χ0n) is 12.7. The number of carbonyl (C=O) groups is 1. The molecule has 0 saturated carbocycles. The summed E-state index contributed by atoms with van der Waals surface area (Å²) in [5.74, 6) is 0.999. The third-order valence-electron chi connectivity index (χ3n) is 3.27. The fourth-order valence-corrected chi connectivity index (χ4v) is 2.55. The Balaban J connectivity index is 2.21. The molecule has 0 aliphatic heterocycles. The van der Waals surface area contributed by atoms with Gasteiger partial charge < -0.3 is 9.88 Å². The monoisotopic (exact) mass is 309 g/mol. The second kappa shape index (κ2) is 6.30. The third kappa shape index (κ3) is 3.64. The molecular formula is C14H20ClN5O. The van der Waals surface area contributed by atoms with Gasteiger partial charge in [-0.2, -0.15) is 5.10 Å². The van der Waals surface area contributed by atoms with E-state index in [1.54, 1.807) is 28.6 Å². The first-order chi connectivity index (χ1) is 9.88. The highest BCUT2D eigenvalue weighted by molar-refractivity contribution is 6.31. The van der Waals surface area contributed by atoms with E-state index in [-0.39, 0.29) is 11.9 Å². The number of nitrogens with zero attached hydrogens (tertiary/aromatic N) is 4. The number of amides is 1. The topological polar surface area (TPSA) is 64.7 Å². The summed E-state index contributed by atoms with van der Waals surface area (Å²) in [6.45, 7) is 4.21. The fraction of sp³-hybridized carbons (Fsp3) is 0.500. The highest BCUT2D eigenvalue weighted by Gasteiger charge is 2.22. The van der Waals surface area contributed by atoms with Crippen LogP contribution in [0.15, 0.2) is 18.6 Å². The Labute approximate surface area is 129 Å². The minimum atomic E-state index is -0.182. The number of aryl methyl sites for hydroxylation is 2. The zero-order chi connectivity index (χ0) is 15.6. The zero-order valence-corrected chi connectivity index (χ0v) is 13.4. The van der Waals surface area contributed by atoms with Crippen LogP contribution in [-0.4, -0.2) is 25.2 Å². The first-order valence-corrected chi connectivity index (χ1v) is 7.23. The normalized spacial score (nSPS) is 12.7. The maximum atomic E-state index is 12.4. The van der Waals surface area contributed by atoms with Gasteiger partial charge >= 0.3 is 0 Å². The van der Waals surface area contributed by atoms with E-state index in [1.807, 2.05) is 7.05 Å². The summed E-state index contributed by atoms with van der Waals surface area (Å²) < 4.78 is 3.39. The van der Waals surface area contributed by atoms with Gasteiger partial charge in [0.1, 0.15) is 17.8 Å². The number of hydrogen-bond acceptors (Lipinski definition) is 3. The minimum Gasteiger partial charge on any atom is -0.345 e. The van der Waals surface area contributed by atoms with Crippen molar-refractivity contribution in [2.45, 2.75) is 26.3 Å². The molecule has 0 radical (unpaired) electrons. The predicted octanol–water partition coefficient (Wildman–Crippen LogP) is 2.32. The second-order valence-electron chi connectivity index (χ2n) is 5.55. The van der Waals surface area contributed by atoms with Crippen molar-refractivity contribution in [1.29, 1.82) is 0 Å². The van der Waals surface area contributed by atoms with E-state index in [9.17, 15) is 4.79 Å². The lowest BCUT2D eigenvalue weighted by atomic mass is 10.0. The molecule has 0 aromatic carbocycles. The molecule has 0 bridgehead atoms. The summed E-state index contributed by atoms with van der Waals surface area (Å²) in [5.41, 5.74) is 0.524. The van der Waals surface area contributed by atoms with Crippen LogP contribution < -0.4 is 5.32 Å². The summed E-state index contributed by atoms with van der Waals surface area (Å²) in [6, 6.07) is 1.47. The maximum Gasteiger partial charge on any atom is 0.268 e. The van der Waals surface area contributed by atoms with Gasteiger partial charge in [-0.25, -0.2) is 4.98 Å². The second-order valence-corrected chi connectivity index (χ2v) is 5.99. The summed E-state index contributed by atoms with van der Waals surface area (Å²) >= 11 is 5.93. The van der Waals surface area contributed by atoms with Crippen LogP contribution in [0.1, 0.15) is 42.6 Å². The number of aromatic nitrogens is 4. The number of carbonyl (C=O) groups excluding carboxylic acids is 1. The van der Waals surface area contributed by atoms with E-state index in [0.717, 1.165) is 12.2 Å². The van der Waals surface area contributed by atoms with E-state index in [2.05, 4.69) is 29.2 Å². The summed E-state index contributed by atoms with van der Waals surface area (Å²) in [6.07, 6.45) is 3.99. The molecule has 114 valence electrons. The van der Waals surface area contributed by atoms with E-state index in [4.69, 9.17) is 11.6 Å². The van der Waals surface area contributed by atoms with Gasteiger partial charge in [-0.3, -0.25) is 9.48 Å². The molecule has 1 N–H and O–H groups in total. The van der Waals surface area contributed by atoms with E-state index >= 15 is 0 Å². The van der Waals surface area contributed by atoms with E-state index in [1.165, 1.54) is 6.33 Å². The van der Waals surface area contributed by atoms with Crippen LogP contribution in [0.2, 0.25) is 5.02 Å². The van der Waals surface area contributed by atoms with Gasteiger partial charge in [0.25, 0.3) is 5.91 Å². The van der Waals surface area contributed by atoms with Crippen molar-refractivity contribution in [3.05, 3.63) is 35.1 Å². The maximum absolute atomic E-state index is 12.4. The molecule has 0 fully saturated rings. The summed E-state index contributed by atoms with van der Waals surface area (Å²) in [7, 11) is 3.61. The Bertz CT molecular complexity index is 631. The van der Waals surface area contributed by atoms with Crippen LogP contribution >= 0.6 is 11.6 Å². The Morgan fingerprint density at radius 1 is 1.43 bits per heavy atom. The minimum absolute atomic E-state index is 0.168. The number of rotatable bonds is 5. The highest BCUT2D eigenvalue weighted by Crippen LogP contribution is 2.20. The average molecular weight is 310 g/mol. The smallest absolute Gasteiger partial charge is 0.268 e. The molecule has 0 spiro atoms. The Hall–Kier alpha value is -1.82. The summed E-state index contributed by atoms with van der Waals surface area (Å²) in [5, 5.41) is 7.64. The lowest BCUT2D eigenvalue weighted by Crippen LogP contribution is -2.32. The van der Waals surface area contributed by atoms with Gasteiger partial charge in [-0.1, -0.05) is 25.4 Å². The molecule has 1 amide bonds. The molecule has 0 aliphatic carbocycles. The van der Waals surface area contributed by atoms with Gasteiger partial charge in [-0.15, -0.1) is 0 Å². The van der Waals surface area contributed by atoms with E-state index < -0.39 is 0 Å². The molecule has 21 heavy (non-hydrogen) atoms. The van der Waals surface area contributed by atoms with Crippen LogP contribution in [-0.2, 0) is 14.1 Å². The molecule has 6 nitrogen and oxygen atoms in total. The SMILES string of the molecule is CC(C)CC(NC(=O)c1cc(Cl)cn1C)c1ncnn1C. The van der Waals surface area contributed by atoms with Crippen molar-refractivity contribution in [3.63, 3.8) is 0 Å². The molecule has 2 heterocycles. The van der Waals surface area contributed by atoms with Crippen LogP contribution in [0.4, 0.5) is 0 Å². The van der Waals surface area contributed by atoms with E-state index in [0.29, 0.717) is 16.6 Å². The lowest BCUT2D eigenvalue weighted by molar-refractivity contribution is 0.0921. The summed E-state index contributed by atoms with van der Waals surface area (Å²) in [4.78, 5) is 16.7.